The third-order valence-corrected chi connectivity index (χ3v) is 3.75. The van der Waals surface area contributed by atoms with Crippen LogP contribution in [0.4, 0.5) is 5.82 Å². The molecule has 0 bridgehead atoms. The van der Waals surface area contributed by atoms with Crippen molar-refractivity contribution in [1.82, 2.24) is 14.5 Å². The molecule has 122 valence electrons. The van der Waals surface area contributed by atoms with Gasteiger partial charge in [-0.05, 0) is 34.5 Å². The molecule has 8 nitrogen and oxygen atoms in total. The fourth-order valence-corrected chi connectivity index (χ4v) is 2.39. The topological polar surface area (TPSA) is 90.5 Å². The molecular weight excluding hydrogens is 300 g/mol. The Morgan fingerprint density at radius 3 is 2.39 bits per heavy atom. The molecule has 0 aliphatic rings. The van der Waals surface area contributed by atoms with Crippen LogP contribution in [0, 0.1) is 10.1 Å². The van der Waals surface area contributed by atoms with E-state index in [4.69, 9.17) is 4.74 Å². The van der Waals surface area contributed by atoms with Crippen LogP contribution in [-0.4, -0.2) is 46.5 Å². The molecule has 1 heterocycles. The van der Waals surface area contributed by atoms with Crippen LogP contribution in [0.2, 0.25) is 0 Å². The minimum atomic E-state index is -1.16. The van der Waals surface area contributed by atoms with Crippen molar-refractivity contribution >= 4 is 11.7 Å². The number of imidazole rings is 1. The molecule has 0 N–H and O–H groups in total. The highest BCUT2D eigenvalue weighted by Crippen LogP contribution is 2.30. The molecule has 0 aliphatic heterocycles. The maximum atomic E-state index is 12.8. The maximum Gasteiger partial charge on any atom is 0.381 e. The molecule has 1 aromatic carbocycles. The number of carbonyl (C=O) groups excluding carboxylic acids is 1. The number of carbonyl (C=O) groups is 1. The van der Waals surface area contributed by atoms with Crippen LogP contribution in [0.1, 0.15) is 12.5 Å². The zero-order valence-electron chi connectivity index (χ0n) is 13.4. The lowest BCUT2D eigenvalue weighted by Gasteiger charge is -2.32. The molecule has 23 heavy (non-hydrogen) atoms. The molecule has 0 fully saturated rings. The Morgan fingerprint density at radius 1 is 1.35 bits per heavy atom. The van der Waals surface area contributed by atoms with E-state index in [0.717, 1.165) is 0 Å². The number of methoxy groups -OCH3 is 1. The van der Waals surface area contributed by atoms with Crippen molar-refractivity contribution in [2.75, 3.05) is 21.2 Å². The standard InChI is InChI=1S/C15H18N4O4/c1-15(14(20)17(2)3,11-5-7-12(23-4)8-6-11)18-9-13(16-10-18)19(21)22/h5-10H,1-4H3. The van der Waals surface area contributed by atoms with Crippen LogP contribution >= 0.6 is 0 Å². The normalized spacial score (nSPS) is 13.2. The number of hydrogen-bond acceptors (Lipinski definition) is 5. The third-order valence-electron chi connectivity index (χ3n) is 3.75. The summed E-state index contributed by atoms with van der Waals surface area (Å²) in [6.45, 7) is 1.70. The number of rotatable bonds is 5. The van der Waals surface area contributed by atoms with Gasteiger partial charge in [0.1, 0.15) is 17.5 Å². The van der Waals surface area contributed by atoms with E-state index in [9.17, 15) is 14.9 Å². The predicted molar refractivity (Wildman–Crippen MR) is 83.3 cm³/mol. The van der Waals surface area contributed by atoms with Crippen molar-refractivity contribution in [2.45, 2.75) is 12.5 Å². The van der Waals surface area contributed by atoms with E-state index in [2.05, 4.69) is 4.98 Å². The Balaban J connectivity index is 2.58. The first-order valence-electron chi connectivity index (χ1n) is 6.86. The lowest BCUT2D eigenvalue weighted by atomic mass is 9.90. The van der Waals surface area contributed by atoms with Crippen LogP contribution < -0.4 is 4.74 Å². The van der Waals surface area contributed by atoms with E-state index >= 15 is 0 Å². The summed E-state index contributed by atoms with van der Waals surface area (Å²) in [5.41, 5.74) is -0.485. The third kappa shape index (κ3) is 2.87. The second-order valence-electron chi connectivity index (χ2n) is 5.40. The Hall–Kier alpha value is -2.90. The second kappa shape index (κ2) is 6.07. The summed E-state index contributed by atoms with van der Waals surface area (Å²) in [5.74, 6) is 0.122. The molecule has 0 spiro atoms. The zero-order chi connectivity index (χ0) is 17.2. The van der Waals surface area contributed by atoms with Gasteiger partial charge in [-0.25, -0.2) is 0 Å². The molecule has 1 amide bonds. The number of nitro groups is 1. The number of likely N-dealkylation sites (N-methyl/N-ethyl adjacent to an activating group) is 1. The van der Waals surface area contributed by atoms with E-state index in [0.29, 0.717) is 11.3 Å². The van der Waals surface area contributed by atoms with Crippen molar-refractivity contribution in [1.29, 1.82) is 0 Å². The van der Waals surface area contributed by atoms with Gasteiger partial charge in [0.2, 0.25) is 6.33 Å². The van der Waals surface area contributed by atoms with Crippen LogP contribution in [0.3, 0.4) is 0 Å². The summed E-state index contributed by atoms with van der Waals surface area (Å²) in [6, 6.07) is 6.99. The van der Waals surface area contributed by atoms with Crippen molar-refractivity contribution in [3.05, 3.63) is 52.5 Å². The van der Waals surface area contributed by atoms with Crippen molar-refractivity contribution in [3.63, 3.8) is 0 Å². The highest BCUT2D eigenvalue weighted by molar-refractivity contribution is 5.87. The number of nitrogens with zero attached hydrogens (tertiary/aromatic N) is 4. The number of ether oxygens (including phenoxy) is 1. The summed E-state index contributed by atoms with van der Waals surface area (Å²) in [6.07, 6.45) is 2.55. The highest BCUT2D eigenvalue weighted by Gasteiger charge is 2.40. The van der Waals surface area contributed by atoms with Gasteiger partial charge >= 0.3 is 5.82 Å². The van der Waals surface area contributed by atoms with Gasteiger partial charge in [-0.2, -0.15) is 0 Å². The van der Waals surface area contributed by atoms with Gasteiger partial charge < -0.3 is 19.8 Å². The molecule has 0 saturated carbocycles. The monoisotopic (exact) mass is 318 g/mol. The molecule has 1 atom stereocenters. The summed E-state index contributed by atoms with van der Waals surface area (Å²) in [5, 5.41) is 10.9. The average molecular weight is 318 g/mol. The second-order valence-corrected chi connectivity index (χ2v) is 5.40. The van der Waals surface area contributed by atoms with Crippen LogP contribution in [0.15, 0.2) is 36.8 Å². The molecular formula is C15H18N4O4. The van der Waals surface area contributed by atoms with E-state index in [1.165, 1.54) is 22.0 Å². The average Bonchev–Trinajstić information content (AvgIpc) is 3.04. The van der Waals surface area contributed by atoms with Crippen molar-refractivity contribution in [2.24, 2.45) is 0 Å². The van der Waals surface area contributed by atoms with Gasteiger partial charge in [-0.3, -0.25) is 9.36 Å². The first-order chi connectivity index (χ1) is 10.8. The van der Waals surface area contributed by atoms with Gasteiger partial charge in [0.15, 0.2) is 0 Å². The molecule has 0 saturated heterocycles. The number of aromatic nitrogens is 2. The first kappa shape index (κ1) is 16.5. The van der Waals surface area contributed by atoms with Gasteiger partial charge in [0, 0.05) is 14.1 Å². The Labute approximate surface area is 133 Å². The van der Waals surface area contributed by atoms with E-state index in [1.54, 1.807) is 52.4 Å². The molecule has 0 aliphatic carbocycles. The number of amides is 1. The van der Waals surface area contributed by atoms with Crippen LogP contribution in [-0.2, 0) is 10.3 Å². The summed E-state index contributed by atoms with van der Waals surface area (Å²) in [7, 11) is 4.82. The summed E-state index contributed by atoms with van der Waals surface area (Å²) < 4.78 is 6.58. The van der Waals surface area contributed by atoms with Gasteiger partial charge in [0.25, 0.3) is 5.91 Å². The Morgan fingerprint density at radius 2 is 1.96 bits per heavy atom. The maximum absolute atomic E-state index is 12.8. The van der Waals surface area contributed by atoms with Gasteiger partial charge in [-0.15, -0.1) is 0 Å². The quantitative estimate of drug-likeness (QED) is 0.617. The van der Waals surface area contributed by atoms with E-state index in [1.807, 2.05) is 0 Å². The number of benzene rings is 1. The first-order valence-corrected chi connectivity index (χ1v) is 6.86. The van der Waals surface area contributed by atoms with Gasteiger partial charge in [-0.1, -0.05) is 12.1 Å². The molecule has 0 radical (unpaired) electrons. The zero-order valence-corrected chi connectivity index (χ0v) is 13.4. The van der Waals surface area contributed by atoms with E-state index in [-0.39, 0.29) is 11.7 Å². The molecule has 2 aromatic rings. The Bertz CT molecular complexity index is 723. The van der Waals surface area contributed by atoms with Crippen LogP contribution in [0.5, 0.6) is 5.75 Å². The molecule has 1 aromatic heterocycles. The minimum Gasteiger partial charge on any atom is -0.497 e. The summed E-state index contributed by atoms with van der Waals surface area (Å²) >= 11 is 0. The van der Waals surface area contributed by atoms with Crippen LogP contribution in [0.25, 0.3) is 0 Å². The molecule has 1 unspecified atom stereocenters. The van der Waals surface area contributed by atoms with E-state index < -0.39 is 10.5 Å². The predicted octanol–water partition coefficient (Wildman–Crippen LogP) is 1.65. The highest BCUT2D eigenvalue weighted by atomic mass is 16.6. The SMILES string of the molecule is COc1ccc(C(C)(C(=O)N(C)C)n2cnc([N+](=O)[O-])c2)cc1. The van der Waals surface area contributed by atoms with Gasteiger partial charge in [0.05, 0.1) is 7.11 Å². The minimum absolute atomic E-state index is 0.227. The molecule has 2 rings (SSSR count). The lowest BCUT2D eigenvalue weighted by Crippen LogP contribution is -2.46. The fourth-order valence-electron chi connectivity index (χ4n) is 2.39. The largest absolute Gasteiger partial charge is 0.497 e. The fraction of sp³-hybridized carbons (Fsp3) is 0.333. The van der Waals surface area contributed by atoms with Crippen molar-refractivity contribution in [3.8, 4) is 5.75 Å². The summed E-state index contributed by atoms with van der Waals surface area (Å²) in [4.78, 5) is 28.3. The smallest absolute Gasteiger partial charge is 0.381 e. The molecule has 8 heteroatoms. The number of hydrogen-bond donors (Lipinski definition) is 0. The lowest BCUT2D eigenvalue weighted by molar-refractivity contribution is -0.389. The van der Waals surface area contributed by atoms with Crippen molar-refractivity contribution < 1.29 is 14.5 Å². The Kier molecular flexibility index (Phi) is 4.35.